The predicted octanol–water partition coefficient (Wildman–Crippen LogP) is 2.96. The van der Waals surface area contributed by atoms with Crippen molar-refractivity contribution in [3.8, 4) is 0 Å². The Morgan fingerprint density at radius 3 is 3.27 bits per heavy atom. The fraction of sp³-hybridized carbons (Fsp3) is 0.467. The van der Waals surface area contributed by atoms with Gasteiger partial charge in [0.05, 0.1) is 31.1 Å². The second-order valence-corrected chi connectivity index (χ2v) is 6.26. The molecule has 7 heteroatoms. The standard InChI is InChI=1S/C15H20N4O2S/c1-21-8-7-18-11-12(10-16-18)17-15(20)19-6-2-4-13(19)14-5-3-9-22-14/h3,5,9-11,13H,2,4,6-8H2,1H3,(H,17,20)/t13-/m1/s1. The Kier molecular flexibility index (Phi) is 4.74. The van der Waals surface area contributed by atoms with Crippen LogP contribution in [0.5, 0.6) is 0 Å². The van der Waals surface area contributed by atoms with Gasteiger partial charge in [-0.3, -0.25) is 4.68 Å². The molecular formula is C15H20N4O2S. The number of hydrogen-bond donors (Lipinski definition) is 1. The van der Waals surface area contributed by atoms with Crippen molar-refractivity contribution in [1.29, 1.82) is 0 Å². The number of urea groups is 1. The van der Waals surface area contributed by atoms with Crippen molar-refractivity contribution >= 4 is 23.1 Å². The third kappa shape index (κ3) is 3.31. The molecule has 2 aromatic heterocycles. The molecule has 1 saturated heterocycles. The fourth-order valence-corrected chi connectivity index (χ4v) is 3.59. The van der Waals surface area contributed by atoms with Gasteiger partial charge in [-0.15, -0.1) is 11.3 Å². The molecule has 0 spiro atoms. The van der Waals surface area contributed by atoms with E-state index in [0.717, 1.165) is 25.1 Å². The number of aromatic nitrogens is 2. The van der Waals surface area contributed by atoms with Crippen LogP contribution in [0, 0.1) is 0 Å². The van der Waals surface area contributed by atoms with Gasteiger partial charge in [0.1, 0.15) is 0 Å². The molecule has 0 bridgehead atoms. The average Bonchev–Trinajstić information content (AvgIpc) is 3.25. The van der Waals surface area contributed by atoms with E-state index in [1.807, 2.05) is 17.2 Å². The molecule has 2 amide bonds. The van der Waals surface area contributed by atoms with Gasteiger partial charge in [0, 0.05) is 24.7 Å². The molecule has 1 aliphatic rings. The summed E-state index contributed by atoms with van der Waals surface area (Å²) in [7, 11) is 1.66. The number of amides is 2. The molecule has 0 saturated carbocycles. The molecule has 0 aromatic carbocycles. The van der Waals surface area contributed by atoms with Gasteiger partial charge >= 0.3 is 6.03 Å². The number of carbonyl (C=O) groups is 1. The summed E-state index contributed by atoms with van der Waals surface area (Å²) in [6, 6.07) is 4.28. The van der Waals surface area contributed by atoms with Gasteiger partial charge in [0.25, 0.3) is 0 Å². The van der Waals surface area contributed by atoms with E-state index in [9.17, 15) is 4.79 Å². The van der Waals surface area contributed by atoms with E-state index in [2.05, 4.69) is 21.9 Å². The zero-order chi connectivity index (χ0) is 15.4. The van der Waals surface area contributed by atoms with E-state index in [1.165, 1.54) is 4.88 Å². The highest BCUT2D eigenvalue weighted by Crippen LogP contribution is 2.34. The molecule has 1 fully saturated rings. The van der Waals surface area contributed by atoms with E-state index in [1.54, 1.807) is 29.3 Å². The van der Waals surface area contributed by atoms with E-state index >= 15 is 0 Å². The van der Waals surface area contributed by atoms with Crippen molar-refractivity contribution in [2.24, 2.45) is 0 Å². The Bertz CT molecular complexity index is 611. The minimum Gasteiger partial charge on any atom is -0.383 e. The maximum atomic E-state index is 12.5. The summed E-state index contributed by atoms with van der Waals surface area (Å²) in [5.41, 5.74) is 0.720. The Labute approximate surface area is 133 Å². The SMILES string of the molecule is COCCn1cc(NC(=O)N2CCC[C@@H]2c2cccs2)cn1. The Hall–Kier alpha value is -1.86. The predicted molar refractivity (Wildman–Crippen MR) is 86.1 cm³/mol. The second-order valence-electron chi connectivity index (χ2n) is 5.28. The highest BCUT2D eigenvalue weighted by molar-refractivity contribution is 7.10. The lowest BCUT2D eigenvalue weighted by atomic mass is 10.2. The summed E-state index contributed by atoms with van der Waals surface area (Å²) < 4.78 is 6.78. The molecule has 1 N–H and O–H groups in total. The van der Waals surface area contributed by atoms with Crippen molar-refractivity contribution in [3.63, 3.8) is 0 Å². The molecule has 0 aliphatic carbocycles. The lowest BCUT2D eigenvalue weighted by Gasteiger charge is -2.23. The van der Waals surface area contributed by atoms with Crippen molar-refractivity contribution in [2.45, 2.75) is 25.4 Å². The average molecular weight is 320 g/mol. The number of carbonyl (C=O) groups excluding carboxylic acids is 1. The number of likely N-dealkylation sites (tertiary alicyclic amines) is 1. The monoisotopic (exact) mass is 320 g/mol. The molecule has 6 nitrogen and oxygen atoms in total. The van der Waals surface area contributed by atoms with E-state index < -0.39 is 0 Å². The van der Waals surface area contributed by atoms with Crippen molar-refractivity contribution in [2.75, 3.05) is 25.6 Å². The quantitative estimate of drug-likeness (QED) is 0.921. The first kappa shape index (κ1) is 15.1. The van der Waals surface area contributed by atoms with E-state index in [4.69, 9.17) is 4.74 Å². The molecule has 3 rings (SSSR count). The van der Waals surface area contributed by atoms with Crippen molar-refractivity contribution in [3.05, 3.63) is 34.8 Å². The van der Waals surface area contributed by atoms with Crippen molar-refractivity contribution < 1.29 is 9.53 Å². The van der Waals surface area contributed by atoms with Crippen LogP contribution in [0.15, 0.2) is 29.9 Å². The van der Waals surface area contributed by atoms with Gasteiger partial charge in [0.15, 0.2) is 0 Å². The summed E-state index contributed by atoms with van der Waals surface area (Å²) in [4.78, 5) is 15.7. The molecule has 22 heavy (non-hydrogen) atoms. The third-order valence-corrected chi connectivity index (χ3v) is 4.77. The number of hydrogen-bond acceptors (Lipinski definition) is 4. The Balaban J connectivity index is 1.62. The third-order valence-electron chi connectivity index (χ3n) is 3.79. The highest BCUT2D eigenvalue weighted by Gasteiger charge is 2.30. The van der Waals surface area contributed by atoms with Crippen LogP contribution >= 0.6 is 11.3 Å². The number of rotatable bonds is 5. The molecule has 2 aromatic rings. The number of nitrogens with one attached hydrogen (secondary N) is 1. The van der Waals surface area contributed by atoms with Crippen LogP contribution in [0.2, 0.25) is 0 Å². The lowest BCUT2D eigenvalue weighted by molar-refractivity contribution is 0.183. The van der Waals surface area contributed by atoms with Gasteiger partial charge in [-0.05, 0) is 24.3 Å². The molecule has 118 valence electrons. The molecule has 1 atom stereocenters. The Morgan fingerprint density at radius 2 is 2.50 bits per heavy atom. The van der Waals surface area contributed by atoms with Crippen molar-refractivity contribution in [1.82, 2.24) is 14.7 Å². The number of anilines is 1. The molecule has 0 radical (unpaired) electrons. The minimum absolute atomic E-state index is 0.0535. The molecule has 0 unspecified atom stereocenters. The first-order valence-corrected chi connectivity index (χ1v) is 8.28. The van der Waals surface area contributed by atoms with E-state index in [0.29, 0.717) is 13.2 Å². The largest absolute Gasteiger partial charge is 0.383 e. The Morgan fingerprint density at radius 1 is 1.59 bits per heavy atom. The maximum absolute atomic E-state index is 12.5. The van der Waals surface area contributed by atoms with Gasteiger partial charge in [-0.1, -0.05) is 6.07 Å². The van der Waals surface area contributed by atoms with Crippen LogP contribution in [0.25, 0.3) is 0 Å². The topological polar surface area (TPSA) is 59.4 Å². The first-order chi connectivity index (χ1) is 10.8. The summed E-state index contributed by atoms with van der Waals surface area (Å²) >= 11 is 1.71. The zero-order valence-corrected chi connectivity index (χ0v) is 13.4. The number of methoxy groups -OCH3 is 1. The van der Waals surface area contributed by atoms with Crippen LogP contribution < -0.4 is 5.32 Å². The summed E-state index contributed by atoms with van der Waals surface area (Å²) in [6.07, 6.45) is 5.57. The fourth-order valence-electron chi connectivity index (χ4n) is 2.72. The van der Waals surface area contributed by atoms with Crippen LogP contribution in [0.4, 0.5) is 10.5 Å². The smallest absolute Gasteiger partial charge is 0.322 e. The van der Waals surface area contributed by atoms with Gasteiger partial charge in [-0.2, -0.15) is 5.10 Å². The minimum atomic E-state index is -0.0535. The van der Waals surface area contributed by atoms with Gasteiger partial charge in [0.2, 0.25) is 0 Å². The molecular weight excluding hydrogens is 300 g/mol. The lowest BCUT2D eigenvalue weighted by Crippen LogP contribution is -2.34. The van der Waals surface area contributed by atoms with Crippen LogP contribution in [0.3, 0.4) is 0 Å². The summed E-state index contributed by atoms with van der Waals surface area (Å²) in [5, 5.41) is 9.21. The second kappa shape index (κ2) is 6.93. The molecule has 3 heterocycles. The summed E-state index contributed by atoms with van der Waals surface area (Å²) in [5.74, 6) is 0. The van der Waals surface area contributed by atoms with Crippen LogP contribution in [-0.4, -0.2) is 41.0 Å². The normalized spacial score (nSPS) is 17.9. The first-order valence-electron chi connectivity index (χ1n) is 7.40. The molecule has 1 aliphatic heterocycles. The zero-order valence-electron chi connectivity index (χ0n) is 12.6. The highest BCUT2D eigenvalue weighted by atomic mass is 32.1. The summed E-state index contributed by atoms with van der Waals surface area (Å²) in [6.45, 7) is 2.07. The van der Waals surface area contributed by atoms with Crippen LogP contribution in [-0.2, 0) is 11.3 Å². The number of ether oxygens (including phenoxy) is 1. The number of nitrogens with zero attached hydrogens (tertiary/aromatic N) is 3. The van der Waals surface area contributed by atoms with Crippen LogP contribution in [0.1, 0.15) is 23.8 Å². The van der Waals surface area contributed by atoms with Gasteiger partial charge in [-0.25, -0.2) is 4.79 Å². The number of thiophene rings is 1. The van der Waals surface area contributed by atoms with E-state index in [-0.39, 0.29) is 12.1 Å². The van der Waals surface area contributed by atoms with Gasteiger partial charge < -0.3 is 15.0 Å². The maximum Gasteiger partial charge on any atom is 0.322 e.